The largest absolute Gasteiger partial charge is 0.497 e. The second kappa shape index (κ2) is 12.2. The summed E-state index contributed by atoms with van der Waals surface area (Å²) in [7, 11) is 1.55. The maximum Gasteiger partial charge on any atom is 0.249 e. The fourth-order valence-electron chi connectivity index (χ4n) is 5.12. The van der Waals surface area contributed by atoms with E-state index in [2.05, 4.69) is 15.2 Å². The second-order valence-corrected chi connectivity index (χ2v) is 10.0. The van der Waals surface area contributed by atoms with Crippen molar-refractivity contribution in [1.82, 2.24) is 15.4 Å². The molecular weight excluding hydrogens is 518 g/mol. The summed E-state index contributed by atoms with van der Waals surface area (Å²) in [4.78, 5) is 19.2. The van der Waals surface area contributed by atoms with Crippen LogP contribution >= 0.6 is 11.6 Å². The van der Waals surface area contributed by atoms with Gasteiger partial charge in [0.1, 0.15) is 17.4 Å². The molecule has 1 atom stereocenters. The SMILES string of the molecule is COc1ccc2ncc(Cl)c([C@H](O)CCC3(C(=O)NO)CCN(CCNc4cc(F)cc(F)c4)CC3)c2c1. The number of methoxy groups -OCH3 is 1. The molecule has 0 bridgehead atoms. The zero-order valence-electron chi connectivity index (χ0n) is 21.0. The molecule has 2 aromatic carbocycles. The lowest BCUT2D eigenvalue weighted by molar-refractivity contribution is -0.143. The van der Waals surface area contributed by atoms with Crippen LogP contribution in [0.2, 0.25) is 5.02 Å². The molecule has 4 N–H and O–H groups in total. The van der Waals surface area contributed by atoms with E-state index in [0.29, 0.717) is 78.4 Å². The Hall–Kier alpha value is -3.05. The van der Waals surface area contributed by atoms with Crippen molar-refractivity contribution >= 4 is 34.1 Å². The summed E-state index contributed by atoms with van der Waals surface area (Å²) in [6.07, 6.45) is 2.06. The third-order valence-corrected chi connectivity index (χ3v) is 7.62. The van der Waals surface area contributed by atoms with Crippen LogP contribution < -0.4 is 15.5 Å². The van der Waals surface area contributed by atoms with Crippen LogP contribution in [0.5, 0.6) is 5.75 Å². The Kier molecular flexibility index (Phi) is 8.99. The predicted octanol–water partition coefficient (Wildman–Crippen LogP) is 4.69. The van der Waals surface area contributed by atoms with E-state index < -0.39 is 29.1 Å². The molecule has 11 heteroatoms. The van der Waals surface area contributed by atoms with Gasteiger partial charge >= 0.3 is 0 Å². The molecule has 1 aromatic heterocycles. The Morgan fingerprint density at radius 3 is 2.58 bits per heavy atom. The lowest BCUT2D eigenvalue weighted by Gasteiger charge is -2.40. The molecule has 2 heterocycles. The number of carbonyl (C=O) groups excluding carboxylic acids is 1. The number of aliphatic hydroxyl groups is 1. The molecular formula is C27H31ClF2N4O4. The zero-order chi connectivity index (χ0) is 27.3. The average molecular weight is 549 g/mol. The molecule has 38 heavy (non-hydrogen) atoms. The van der Waals surface area contributed by atoms with Crippen LogP contribution in [0.1, 0.15) is 37.4 Å². The number of benzene rings is 2. The fraction of sp³-hybridized carbons (Fsp3) is 0.407. The molecule has 0 spiro atoms. The minimum Gasteiger partial charge on any atom is -0.497 e. The van der Waals surface area contributed by atoms with Gasteiger partial charge in [0.25, 0.3) is 0 Å². The number of carbonyl (C=O) groups is 1. The van der Waals surface area contributed by atoms with Gasteiger partial charge in [-0.05, 0) is 69.1 Å². The summed E-state index contributed by atoms with van der Waals surface area (Å²) in [6.45, 7) is 2.24. The highest BCUT2D eigenvalue weighted by molar-refractivity contribution is 6.32. The predicted molar refractivity (Wildman–Crippen MR) is 140 cm³/mol. The van der Waals surface area contributed by atoms with E-state index in [1.165, 1.54) is 18.3 Å². The van der Waals surface area contributed by atoms with E-state index in [0.717, 1.165) is 6.07 Å². The Bertz CT molecular complexity index is 1270. The normalized spacial score (nSPS) is 16.3. The monoisotopic (exact) mass is 548 g/mol. The van der Waals surface area contributed by atoms with E-state index in [4.69, 9.17) is 16.3 Å². The van der Waals surface area contributed by atoms with E-state index in [9.17, 15) is 23.9 Å². The highest BCUT2D eigenvalue weighted by atomic mass is 35.5. The van der Waals surface area contributed by atoms with Gasteiger partial charge in [0, 0.05) is 42.0 Å². The third kappa shape index (κ3) is 6.32. The van der Waals surface area contributed by atoms with E-state index >= 15 is 0 Å². The molecule has 204 valence electrons. The van der Waals surface area contributed by atoms with Gasteiger partial charge in [-0.3, -0.25) is 15.0 Å². The first-order chi connectivity index (χ1) is 18.2. The molecule has 0 radical (unpaired) electrons. The number of rotatable bonds is 10. The Morgan fingerprint density at radius 2 is 1.92 bits per heavy atom. The van der Waals surface area contributed by atoms with Gasteiger partial charge in [0.2, 0.25) is 5.91 Å². The third-order valence-electron chi connectivity index (χ3n) is 7.31. The smallest absolute Gasteiger partial charge is 0.249 e. The lowest BCUT2D eigenvalue weighted by atomic mass is 9.73. The number of likely N-dealkylation sites (tertiary alicyclic amines) is 1. The topological polar surface area (TPSA) is 107 Å². The maximum absolute atomic E-state index is 13.4. The number of anilines is 1. The van der Waals surface area contributed by atoms with Crippen LogP contribution in [0, 0.1) is 17.0 Å². The van der Waals surface area contributed by atoms with Crippen LogP contribution in [0.15, 0.2) is 42.6 Å². The summed E-state index contributed by atoms with van der Waals surface area (Å²) >= 11 is 6.43. The Balaban J connectivity index is 1.39. The standard InChI is InChI=1S/C27H31ClF2N4O4/c1-38-20-2-3-23-21(15-20)25(22(28)16-32-23)24(35)4-5-27(26(36)33-37)6-9-34(10-7-27)11-8-31-19-13-17(29)12-18(30)14-19/h2-3,12-16,24,31,35,37H,4-11H2,1H3,(H,33,36)/t24-/m1/s1. The minimum absolute atomic E-state index is 0.246. The summed E-state index contributed by atoms with van der Waals surface area (Å²) in [5, 5.41) is 24.6. The fourth-order valence-corrected chi connectivity index (χ4v) is 5.40. The summed E-state index contributed by atoms with van der Waals surface area (Å²) in [5.74, 6) is -1.17. The first kappa shape index (κ1) is 28.0. The number of amides is 1. The highest BCUT2D eigenvalue weighted by Crippen LogP contribution is 2.41. The van der Waals surface area contributed by atoms with Gasteiger partial charge in [0.05, 0.1) is 29.2 Å². The number of piperidine rings is 1. The number of fused-ring (bicyclic) bond motifs is 1. The lowest BCUT2D eigenvalue weighted by Crippen LogP contribution is -2.49. The van der Waals surface area contributed by atoms with Crippen molar-refractivity contribution in [2.45, 2.75) is 31.8 Å². The molecule has 8 nitrogen and oxygen atoms in total. The number of aromatic nitrogens is 1. The van der Waals surface area contributed by atoms with Crippen LogP contribution in [0.25, 0.3) is 10.9 Å². The average Bonchev–Trinajstić information content (AvgIpc) is 2.91. The number of hydrogen-bond acceptors (Lipinski definition) is 7. The van der Waals surface area contributed by atoms with Crippen molar-refractivity contribution in [3.8, 4) is 5.75 Å². The van der Waals surface area contributed by atoms with Crippen molar-refractivity contribution in [2.75, 3.05) is 38.6 Å². The molecule has 1 aliphatic rings. The van der Waals surface area contributed by atoms with E-state index in [1.54, 1.807) is 25.3 Å². The zero-order valence-corrected chi connectivity index (χ0v) is 21.8. The summed E-state index contributed by atoms with van der Waals surface area (Å²) < 4.78 is 32.1. The van der Waals surface area contributed by atoms with Gasteiger partial charge in [-0.15, -0.1) is 0 Å². The van der Waals surface area contributed by atoms with E-state index in [-0.39, 0.29) is 6.42 Å². The molecule has 1 fully saturated rings. The Morgan fingerprint density at radius 1 is 1.21 bits per heavy atom. The number of nitrogens with one attached hydrogen (secondary N) is 2. The second-order valence-electron chi connectivity index (χ2n) is 9.61. The van der Waals surface area contributed by atoms with Crippen molar-refractivity contribution in [1.29, 1.82) is 0 Å². The van der Waals surface area contributed by atoms with Gasteiger partial charge in [-0.1, -0.05) is 11.6 Å². The first-order valence-corrected chi connectivity index (χ1v) is 12.8. The summed E-state index contributed by atoms with van der Waals surface area (Å²) in [6, 6.07) is 8.62. The van der Waals surface area contributed by atoms with Crippen LogP contribution in [-0.4, -0.2) is 59.4 Å². The summed E-state index contributed by atoms with van der Waals surface area (Å²) in [5.41, 5.74) is 2.49. The molecule has 1 aliphatic heterocycles. The van der Waals surface area contributed by atoms with Crippen molar-refractivity contribution in [3.63, 3.8) is 0 Å². The Labute approximate surface area is 224 Å². The maximum atomic E-state index is 13.4. The number of hydroxylamine groups is 1. The van der Waals surface area contributed by atoms with Gasteiger partial charge < -0.3 is 20.1 Å². The number of aliphatic hydroxyl groups excluding tert-OH is 1. The molecule has 0 saturated carbocycles. The molecule has 0 aliphatic carbocycles. The highest BCUT2D eigenvalue weighted by Gasteiger charge is 2.41. The van der Waals surface area contributed by atoms with Crippen LogP contribution in [-0.2, 0) is 4.79 Å². The quantitative estimate of drug-likeness (QED) is 0.215. The number of hydrogen-bond donors (Lipinski definition) is 4. The van der Waals surface area contributed by atoms with Gasteiger partial charge in [-0.2, -0.15) is 0 Å². The minimum atomic E-state index is -0.961. The van der Waals surface area contributed by atoms with Gasteiger partial charge in [0.15, 0.2) is 0 Å². The van der Waals surface area contributed by atoms with Crippen LogP contribution in [0.4, 0.5) is 14.5 Å². The molecule has 3 aromatic rings. The number of halogens is 3. The van der Waals surface area contributed by atoms with Gasteiger partial charge in [-0.25, -0.2) is 14.3 Å². The molecule has 4 rings (SSSR count). The van der Waals surface area contributed by atoms with Crippen LogP contribution in [0.3, 0.4) is 0 Å². The number of ether oxygens (including phenoxy) is 1. The molecule has 1 amide bonds. The molecule has 0 unspecified atom stereocenters. The first-order valence-electron chi connectivity index (χ1n) is 12.4. The molecule has 1 saturated heterocycles. The van der Waals surface area contributed by atoms with Crippen molar-refractivity contribution in [2.24, 2.45) is 5.41 Å². The van der Waals surface area contributed by atoms with Crippen molar-refractivity contribution in [3.05, 3.63) is 64.8 Å². The number of nitrogens with zero attached hydrogens (tertiary/aromatic N) is 2. The number of pyridine rings is 1. The van der Waals surface area contributed by atoms with E-state index in [1.807, 2.05) is 5.48 Å². The van der Waals surface area contributed by atoms with Crippen molar-refractivity contribution < 1.29 is 28.6 Å².